The van der Waals surface area contributed by atoms with E-state index >= 15 is 0 Å². The zero-order valence-electron chi connectivity index (χ0n) is 8.70. The van der Waals surface area contributed by atoms with Gasteiger partial charge in [0.2, 0.25) is 0 Å². The third-order valence-electron chi connectivity index (χ3n) is 1.99. The van der Waals surface area contributed by atoms with Gasteiger partial charge in [-0.15, -0.1) is 0 Å². The zero-order valence-corrected chi connectivity index (χ0v) is 8.70. The van der Waals surface area contributed by atoms with Crippen LogP contribution in [0.3, 0.4) is 0 Å². The van der Waals surface area contributed by atoms with Gasteiger partial charge in [-0.1, -0.05) is 23.8 Å². The molecule has 0 unspecified atom stereocenters. The summed E-state index contributed by atoms with van der Waals surface area (Å²) in [6.45, 7) is 5.53. The lowest BCUT2D eigenvalue weighted by Crippen LogP contribution is -2.08. The lowest BCUT2D eigenvalue weighted by molar-refractivity contribution is -0.130. The van der Waals surface area contributed by atoms with E-state index in [1.807, 2.05) is 26.0 Å². The predicted molar refractivity (Wildman–Crippen MR) is 56.2 cm³/mol. The van der Waals surface area contributed by atoms with Gasteiger partial charge in [0.05, 0.1) is 0 Å². The first-order valence-electron chi connectivity index (χ1n) is 4.55. The van der Waals surface area contributed by atoms with Crippen LogP contribution in [0.1, 0.15) is 19.4 Å². The molecule has 0 radical (unpaired) electrons. The average molecular weight is 190 g/mol. The van der Waals surface area contributed by atoms with E-state index in [0.717, 1.165) is 5.56 Å². The number of benzene rings is 1. The molecule has 0 amide bonds. The Morgan fingerprint density at radius 1 is 1.29 bits per heavy atom. The minimum Gasteiger partial charge on any atom is -0.423 e. The van der Waals surface area contributed by atoms with Gasteiger partial charge >= 0.3 is 5.97 Å². The summed E-state index contributed by atoms with van der Waals surface area (Å²) >= 11 is 0. The SMILES string of the molecule is CC=C(C)C(=O)Oc1ccc(C)cc1. The molecule has 0 atom stereocenters. The van der Waals surface area contributed by atoms with Crippen LogP contribution in [0, 0.1) is 6.92 Å². The fourth-order valence-electron chi connectivity index (χ4n) is 0.912. The number of hydrogen-bond donors (Lipinski definition) is 0. The highest BCUT2D eigenvalue weighted by atomic mass is 16.5. The second-order valence-electron chi connectivity index (χ2n) is 3.17. The van der Waals surface area contributed by atoms with Crippen molar-refractivity contribution in [2.45, 2.75) is 20.8 Å². The number of rotatable bonds is 2. The molecule has 74 valence electrons. The van der Waals surface area contributed by atoms with E-state index in [2.05, 4.69) is 0 Å². The maximum absolute atomic E-state index is 11.3. The third-order valence-corrected chi connectivity index (χ3v) is 1.99. The molecule has 0 aromatic heterocycles. The molecule has 0 bridgehead atoms. The Labute approximate surface area is 84.2 Å². The summed E-state index contributed by atoms with van der Waals surface area (Å²) in [5, 5.41) is 0. The normalized spacial score (nSPS) is 11.2. The number of aryl methyl sites for hydroxylation is 1. The molecule has 0 fully saturated rings. The molecule has 0 heterocycles. The van der Waals surface area contributed by atoms with E-state index < -0.39 is 0 Å². The predicted octanol–water partition coefficient (Wildman–Crippen LogP) is 2.87. The van der Waals surface area contributed by atoms with Crippen LogP contribution in [0.15, 0.2) is 35.9 Å². The highest BCUT2D eigenvalue weighted by Gasteiger charge is 2.05. The Kier molecular flexibility index (Phi) is 3.46. The third kappa shape index (κ3) is 2.73. The number of carbonyl (C=O) groups excluding carboxylic acids is 1. The quantitative estimate of drug-likeness (QED) is 0.407. The van der Waals surface area contributed by atoms with Gasteiger partial charge in [-0.2, -0.15) is 0 Å². The molecular weight excluding hydrogens is 176 g/mol. The number of esters is 1. The molecule has 14 heavy (non-hydrogen) atoms. The van der Waals surface area contributed by atoms with Crippen molar-refractivity contribution < 1.29 is 9.53 Å². The summed E-state index contributed by atoms with van der Waals surface area (Å²) in [4.78, 5) is 11.3. The molecule has 1 aromatic rings. The van der Waals surface area contributed by atoms with Crippen molar-refractivity contribution in [1.82, 2.24) is 0 Å². The van der Waals surface area contributed by atoms with Crippen molar-refractivity contribution in [3.8, 4) is 5.75 Å². The summed E-state index contributed by atoms with van der Waals surface area (Å²) in [7, 11) is 0. The van der Waals surface area contributed by atoms with Gasteiger partial charge in [-0.25, -0.2) is 4.79 Å². The van der Waals surface area contributed by atoms with Gasteiger partial charge < -0.3 is 4.74 Å². The summed E-state index contributed by atoms with van der Waals surface area (Å²) < 4.78 is 5.11. The standard InChI is InChI=1S/C12H14O2/c1-4-10(3)12(13)14-11-7-5-9(2)6-8-11/h4-8H,1-3H3. The van der Waals surface area contributed by atoms with Crippen LogP contribution < -0.4 is 4.74 Å². The molecule has 0 spiro atoms. The lowest BCUT2D eigenvalue weighted by atomic mass is 10.2. The van der Waals surface area contributed by atoms with Crippen LogP contribution in [0.25, 0.3) is 0 Å². The molecule has 0 aliphatic rings. The molecule has 0 aliphatic heterocycles. The Morgan fingerprint density at radius 2 is 1.86 bits per heavy atom. The van der Waals surface area contributed by atoms with Crippen LogP contribution in [-0.4, -0.2) is 5.97 Å². The van der Waals surface area contributed by atoms with E-state index in [0.29, 0.717) is 11.3 Å². The van der Waals surface area contributed by atoms with E-state index in [4.69, 9.17) is 4.74 Å². The molecule has 1 rings (SSSR count). The fourth-order valence-corrected chi connectivity index (χ4v) is 0.912. The van der Waals surface area contributed by atoms with Gasteiger partial charge in [0.15, 0.2) is 0 Å². The van der Waals surface area contributed by atoms with E-state index in [-0.39, 0.29) is 5.97 Å². The number of carbonyl (C=O) groups is 1. The van der Waals surface area contributed by atoms with Crippen LogP contribution in [0.2, 0.25) is 0 Å². The maximum atomic E-state index is 11.3. The molecule has 0 aliphatic carbocycles. The van der Waals surface area contributed by atoms with Gasteiger partial charge in [-0.3, -0.25) is 0 Å². The second-order valence-corrected chi connectivity index (χ2v) is 3.17. The van der Waals surface area contributed by atoms with E-state index in [1.165, 1.54) is 0 Å². The zero-order chi connectivity index (χ0) is 10.6. The van der Waals surface area contributed by atoms with Crippen molar-refractivity contribution in [3.05, 3.63) is 41.5 Å². The maximum Gasteiger partial charge on any atom is 0.338 e. The van der Waals surface area contributed by atoms with Gasteiger partial charge in [0.1, 0.15) is 5.75 Å². The van der Waals surface area contributed by atoms with Crippen molar-refractivity contribution in [2.24, 2.45) is 0 Å². The van der Waals surface area contributed by atoms with Crippen LogP contribution in [0.4, 0.5) is 0 Å². The van der Waals surface area contributed by atoms with Crippen LogP contribution in [-0.2, 0) is 4.79 Å². The number of allylic oxidation sites excluding steroid dienone is 1. The number of ether oxygens (including phenoxy) is 1. The summed E-state index contributed by atoms with van der Waals surface area (Å²) in [6.07, 6.45) is 1.73. The average Bonchev–Trinajstić information content (AvgIpc) is 2.20. The highest BCUT2D eigenvalue weighted by molar-refractivity contribution is 5.89. The molecule has 2 heteroatoms. The van der Waals surface area contributed by atoms with Gasteiger partial charge in [-0.05, 0) is 32.9 Å². The molecule has 0 N–H and O–H groups in total. The number of hydrogen-bond acceptors (Lipinski definition) is 2. The largest absolute Gasteiger partial charge is 0.423 e. The fraction of sp³-hybridized carbons (Fsp3) is 0.250. The monoisotopic (exact) mass is 190 g/mol. The Balaban J connectivity index is 2.70. The van der Waals surface area contributed by atoms with Crippen LogP contribution in [0.5, 0.6) is 5.75 Å². The molecule has 1 aromatic carbocycles. The van der Waals surface area contributed by atoms with Crippen molar-refractivity contribution >= 4 is 5.97 Å². The summed E-state index contributed by atoms with van der Waals surface area (Å²) in [5.74, 6) is 0.290. The first-order valence-corrected chi connectivity index (χ1v) is 4.55. The van der Waals surface area contributed by atoms with Crippen molar-refractivity contribution in [3.63, 3.8) is 0 Å². The Hall–Kier alpha value is -1.57. The van der Waals surface area contributed by atoms with Gasteiger partial charge in [0, 0.05) is 5.57 Å². The summed E-state index contributed by atoms with van der Waals surface area (Å²) in [6, 6.07) is 7.40. The molecule has 0 saturated heterocycles. The van der Waals surface area contributed by atoms with Crippen molar-refractivity contribution in [2.75, 3.05) is 0 Å². The topological polar surface area (TPSA) is 26.3 Å². The Morgan fingerprint density at radius 3 is 2.36 bits per heavy atom. The van der Waals surface area contributed by atoms with E-state index in [1.54, 1.807) is 25.1 Å². The summed E-state index contributed by atoms with van der Waals surface area (Å²) in [5.41, 5.74) is 1.76. The molecule has 2 nitrogen and oxygen atoms in total. The second kappa shape index (κ2) is 4.61. The Bertz CT molecular complexity index is 347. The van der Waals surface area contributed by atoms with Gasteiger partial charge in [0.25, 0.3) is 0 Å². The highest BCUT2D eigenvalue weighted by Crippen LogP contribution is 2.12. The minimum absolute atomic E-state index is 0.295. The molecular formula is C12H14O2. The van der Waals surface area contributed by atoms with Crippen LogP contribution >= 0.6 is 0 Å². The smallest absolute Gasteiger partial charge is 0.338 e. The van der Waals surface area contributed by atoms with E-state index in [9.17, 15) is 4.79 Å². The first kappa shape index (κ1) is 10.5. The minimum atomic E-state index is -0.295. The molecule has 0 saturated carbocycles. The van der Waals surface area contributed by atoms with Crippen molar-refractivity contribution in [1.29, 1.82) is 0 Å². The first-order chi connectivity index (χ1) is 6.63. The lowest BCUT2D eigenvalue weighted by Gasteiger charge is -2.03.